The second-order valence-electron chi connectivity index (χ2n) is 6.99. The van der Waals surface area contributed by atoms with Gasteiger partial charge in [-0.15, -0.1) is 24.2 Å². The number of likely N-dealkylation sites (N-methyl/N-ethyl adjacent to an activating group) is 1. The number of hydrogen-bond acceptors (Lipinski definition) is 5. The molecule has 0 bridgehead atoms. The van der Waals surface area contributed by atoms with Crippen molar-refractivity contribution in [2.75, 3.05) is 37.8 Å². The summed E-state index contributed by atoms with van der Waals surface area (Å²) in [5, 5.41) is 0.368. The summed E-state index contributed by atoms with van der Waals surface area (Å²) in [6.45, 7) is 1.02. The van der Waals surface area contributed by atoms with Gasteiger partial charge in [0.15, 0.2) is 10.9 Å². The van der Waals surface area contributed by atoms with Gasteiger partial charge >= 0.3 is 0 Å². The van der Waals surface area contributed by atoms with Gasteiger partial charge in [0.25, 0.3) is 0 Å². The highest BCUT2D eigenvalue weighted by molar-refractivity contribution is 7.99. The lowest BCUT2D eigenvalue weighted by atomic mass is 10.3. The third-order valence-corrected chi connectivity index (χ3v) is 6.45. The van der Waals surface area contributed by atoms with Crippen LogP contribution in [0.3, 0.4) is 0 Å². The number of carbonyl (C=O) groups excluding carboxylic acids is 1. The van der Waals surface area contributed by atoms with Crippen molar-refractivity contribution in [1.29, 1.82) is 0 Å². The Bertz CT molecular complexity index is 1020. The Hall–Kier alpha value is -1.81. The van der Waals surface area contributed by atoms with E-state index >= 15 is 0 Å². The van der Waals surface area contributed by atoms with E-state index in [4.69, 9.17) is 0 Å². The highest BCUT2D eigenvalue weighted by Gasteiger charge is 2.21. The molecule has 31 heavy (non-hydrogen) atoms. The van der Waals surface area contributed by atoms with Crippen molar-refractivity contribution in [3.05, 3.63) is 53.8 Å². The van der Waals surface area contributed by atoms with E-state index in [1.54, 1.807) is 28.8 Å². The third-order valence-electron chi connectivity index (χ3n) is 4.32. The van der Waals surface area contributed by atoms with Crippen molar-refractivity contribution >= 4 is 56.8 Å². The SMILES string of the molecule is CN(C)CCN(C(=O)CCCSc1ccc(F)cc1)c1nc2c(F)cc(F)cc2s1.Cl. The fourth-order valence-electron chi connectivity index (χ4n) is 2.77. The highest BCUT2D eigenvalue weighted by atomic mass is 35.5. The van der Waals surface area contributed by atoms with Crippen LogP contribution < -0.4 is 4.90 Å². The van der Waals surface area contributed by atoms with Crippen LogP contribution >= 0.6 is 35.5 Å². The van der Waals surface area contributed by atoms with Crippen LogP contribution in [0.4, 0.5) is 18.3 Å². The standard InChI is InChI=1S/C21H22F3N3OS2.ClH/c1-26(2)9-10-27(21-25-20-17(24)12-15(23)13-18(20)30-21)19(28)4-3-11-29-16-7-5-14(22)6-8-16;/h5-8,12-13H,3-4,9-11H2,1-2H3;1H. The fraction of sp³-hybridized carbons (Fsp3) is 0.333. The Balaban J connectivity index is 0.00000341. The maximum Gasteiger partial charge on any atom is 0.228 e. The van der Waals surface area contributed by atoms with Gasteiger partial charge in [0.1, 0.15) is 17.2 Å². The number of nitrogens with zero attached hydrogens (tertiary/aromatic N) is 3. The lowest BCUT2D eigenvalue weighted by Crippen LogP contribution is -2.36. The van der Waals surface area contributed by atoms with Gasteiger partial charge in [0.2, 0.25) is 5.91 Å². The number of carbonyl (C=O) groups is 1. The average Bonchev–Trinajstić information content (AvgIpc) is 3.10. The Kier molecular flexibility index (Phi) is 9.61. The molecule has 0 radical (unpaired) electrons. The zero-order valence-corrected chi connectivity index (χ0v) is 19.6. The molecule has 0 fully saturated rings. The predicted octanol–water partition coefficient (Wildman–Crippen LogP) is 5.60. The van der Waals surface area contributed by atoms with Gasteiger partial charge in [-0.2, -0.15) is 0 Å². The van der Waals surface area contributed by atoms with Gasteiger partial charge in [-0.3, -0.25) is 9.69 Å². The molecule has 0 unspecified atom stereocenters. The van der Waals surface area contributed by atoms with Crippen LogP contribution in [0.15, 0.2) is 41.3 Å². The summed E-state index contributed by atoms with van der Waals surface area (Å²) in [4.78, 5) is 21.6. The first-order valence-corrected chi connectivity index (χ1v) is 11.2. The van der Waals surface area contributed by atoms with Crippen molar-refractivity contribution in [2.24, 2.45) is 0 Å². The number of benzene rings is 2. The summed E-state index contributed by atoms with van der Waals surface area (Å²) in [5.41, 5.74) is 0.0749. The molecule has 0 aliphatic carbocycles. The van der Waals surface area contributed by atoms with Gasteiger partial charge in [-0.25, -0.2) is 18.2 Å². The van der Waals surface area contributed by atoms with Gasteiger partial charge in [-0.1, -0.05) is 11.3 Å². The van der Waals surface area contributed by atoms with E-state index in [1.807, 2.05) is 19.0 Å². The van der Waals surface area contributed by atoms with E-state index in [1.165, 1.54) is 18.2 Å². The normalized spacial score (nSPS) is 11.0. The topological polar surface area (TPSA) is 36.4 Å². The van der Waals surface area contributed by atoms with Crippen LogP contribution in [0.5, 0.6) is 0 Å². The predicted molar refractivity (Wildman–Crippen MR) is 124 cm³/mol. The van der Waals surface area contributed by atoms with Crippen molar-refractivity contribution in [2.45, 2.75) is 17.7 Å². The largest absolute Gasteiger partial charge is 0.308 e. The molecule has 0 atom stereocenters. The number of thiazole rings is 1. The summed E-state index contributed by atoms with van der Waals surface area (Å²) >= 11 is 2.66. The first kappa shape index (κ1) is 25.5. The minimum absolute atomic E-state index is 0. The van der Waals surface area contributed by atoms with Crippen molar-refractivity contribution < 1.29 is 18.0 Å². The molecule has 4 nitrogen and oxygen atoms in total. The molecule has 0 N–H and O–H groups in total. The maximum atomic E-state index is 14.0. The van der Waals surface area contributed by atoms with Crippen molar-refractivity contribution in [3.63, 3.8) is 0 Å². The van der Waals surface area contributed by atoms with E-state index < -0.39 is 11.6 Å². The van der Waals surface area contributed by atoms with Crippen molar-refractivity contribution in [1.82, 2.24) is 9.88 Å². The quantitative estimate of drug-likeness (QED) is 0.289. The maximum absolute atomic E-state index is 14.0. The minimum Gasteiger partial charge on any atom is -0.308 e. The van der Waals surface area contributed by atoms with E-state index in [-0.39, 0.29) is 29.6 Å². The molecule has 0 aliphatic heterocycles. The number of anilines is 1. The monoisotopic (exact) mass is 489 g/mol. The molecular formula is C21H23ClF3N3OS2. The van der Waals surface area contributed by atoms with Crippen LogP contribution in [0.1, 0.15) is 12.8 Å². The van der Waals surface area contributed by atoms with Crippen LogP contribution in [-0.2, 0) is 4.79 Å². The number of amides is 1. The lowest BCUT2D eigenvalue weighted by molar-refractivity contribution is -0.118. The molecule has 168 valence electrons. The highest BCUT2D eigenvalue weighted by Crippen LogP contribution is 2.31. The first-order chi connectivity index (χ1) is 14.3. The molecule has 0 saturated carbocycles. The Morgan fingerprint density at radius 1 is 1.06 bits per heavy atom. The fourth-order valence-corrected chi connectivity index (χ4v) is 4.67. The molecule has 1 amide bonds. The second kappa shape index (κ2) is 11.7. The molecule has 2 aromatic carbocycles. The second-order valence-corrected chi connectivity index (χ2v) is 9.16. The molecule has 3 rings (SSSR count). The van der Waals surface area contributed by atoms with Crippen LogP contribution in [-0.4, -0.2) is 48.7 Å². The number of fused-ring (bicyclic) bond motifs is 1. The number of thioether (sulfide) groups is 1. The van der Waals surface area contributed by atoms with Gasteiger partial charge < -0.3 is 4.90 Å². The Morgan fingerprint density at radius 2 is 1.77 bits per heavy atom. The van der Waals surface area contributed by atoms with Crippen LogP contribution in [0, 0.1) is 17.5 Å². The van der Waals surface area contributed by atoms with Crippen LogP contribution in [0.2, 0.25) is 0 Å². The zero-order valence-electron chi connectivity index (χ0n) is 17.1. The van der Waals surface area contributed by atoms with E-state index in [0.717, 1.165) is 22.3 Å². The van der Waals surface area contributed by atoms with E-state index in [2.05, 4.69) is 4.98 Å². The molecule has 0 aliphatic rings. The molecule has 3 aromatic rings. The van der Waals surface area contributed by atoms with Gasteiger partial charge in [-0.05, 0) is 56.6 Å². The smallest absolute Gasteiger partial charge is 0.228 e. The number of rotatable bonds is 9. The summed E-state index contributed by atoms with van der Waals surface area (Å²) in [6, 6.07) is 8.26. The number of hydrogen-bond donors (Lipinski definition) is 0. The molecule has 0 spiro atoms. The van der Waals surface area contributed by atoms with Gasteiger partial charge in [0, 0.05) is 30.5 Å². The number of halogens is 4. The Labute approximate surface area is 193 Å². The molecule has 0 saturated heterocycles. The van der Waals surface area contributed by atoms with E-state index in [9.17, 15) is 18.0 Å². The Morgan fingerprint density at radius 3 is 2.45 bits per heavy atom. The third kappa shape index (κ3) is 7.10. The van der Waals surface area contributed by atoms with E-state index in [0.29, 0.717) is 41.5 Å². The summed E-state index contributed by atoms with van der Waals surface area (Å²) in [6.07, 6.45) is 0.932. The van der Waals surface area contributed by atoms with Crippen molar-refractivity contribution in [3.8, 4) is 0 Å². The average molecular weight is 490 g/mol. The van der Waals surface area contributed by atoms with Gasteiger partial charge in [0.05, 0.1) is 4.70 Å². The molecule has 1 heterocycles. The zero-order chi connectivity index (χ0) is 21.7. The number of aromatic nitrogens is 1. The summed E-state index contributed by atoms with van der Waals surface area (Å²) in [5.74, 6) is -1.09. The first-order valence-electron chi connectivity index (χ1n) is 9.42. The van der Waals surface area contributed by atoms with Crippen LogP contribution in [0.25, 0.3) is 10.2 Å². The summed E-state index contributed by atoms with van der Waals surface area (Å²) in [7, 11) is 3.80. The molecule has 10 heteroatoms. The lowest BCUT2D eigenvalue weighted by Gasteiger charge is -2.22. The molecule has 1 aromatic heterocycles. The minimum atomic E-state index is -0.733. The summed E-state index contributed by atoms with van der Waals surface area (Å²) < 4.78 is 40.9. The molecular weight excluding hydrogens is 467 g/mol.